The Kier molecular flexibility index (Phi) is 18.5. The van der Waals surface area contributed by atoms with Crippen LogP contribution in [0.4, 0.5) is 0 Å². The summed E-state index contributed by atoms with van der Waals surface area (Å²) >= 11 is 0. The van der Waals surface area contributed by atoms with Gasteiger partial charge in [0.15, 0.2) is 36.4 Å². The summed E-state index contributed by atoms with van der Waals surface area (Å²) in [7, 11) is -4.03. The van der Waals surface area contributed by atoms with Crippen molar-refractivity contribution in [2.75, 3.05) is 33.5 Å². The number of cyclic esters (lactones) is 1. The van der Waals surface area contributed by atoms with Crippen LogP contribution in [0.15, 0.2) is 35.5 Å². The molecule has 9 aliphatic rings. The third-order valence-electron chi connectivity index (χ3n) is 20.0. The van der Waals surface area contributed by atoms with Gasteiger partial charge < -0.3 is 103 Å². The molecule has 0 radical (unpaired) electrons. The fourth-order valence-corrected chi connectivity index (χ4v) is 16.4. The molecule has 0 amide bonds. The van der Waals surface area contributed by atoms with E-state index in [1.165, 1.54) is 14.0 Å². The molecule has 5 heterocycles. The Hall–Kier alpha value is -2.73. The molecule has 5 aliphatic heterocycles. The van der Waals surface area contributed by atoms with Crippen LogP contribution < -0.4 is 0 Å². The minimum Gasteiger partial charge on any atom is -0.459 e. The summed E-state index contributed by atoms with van der Waals surface area (Å²) in [5, 5.41) is 112. The molecule has 8 fully saturated rings. The molecule has 472 valence electrons. The Morgan fingerprint density at radius 3 is 2.00 bits per heavy atom. The number of esters is 2. The highest BCUT2D eigenvalue weighted by Gasteiger charge is 2.87. The zero-order valence-electron chi connectivity index (χ0n) is 47.9. The third kappa shape index (κ3) is 10.8. The van der Waals surface area contributed by atoms with E-state index in [9.17, 15) is 73.6 Å². The molecule has 11 N–H and O–H groups in total. The molecule has 0 aromatic carbocycles. The van der Waals surface area contributed by atoms with Crippen molar-refractivity contribution < 1.29 is 130 Å². The molecular formula is C55H84O27S. The van der Waals surface area contributed by atoms with E-state index in [1.54, 1.807) is 19.1 Å². The van der Waals surface area contributed by atoms with Gasteiger partial charge in [0, 0.05) is 19.4 Å². The number of allylic oxidation sites excluding steroid dienone is 5. The monoisotopic (exact) mass is 1210 g/mol. The van der Waals surface area contributed by atoms with Crippen molar-refractivity contribution in [2.24, 2.45) is 33.5 Å². The summed E-state index contributed by atoms with van der Waals surface area (Å²) in [5.74, 6) is -1.41. The molecule has 0 aromatic rings. The van der Waals surface area contributed by atoms with Crippen LogP contribution in [0.1, 0.15) is 93.9 Å². The van der Waals surface area contributed by atoms with E-state index in [4.69, 9.17) is 56.3 Å². The van der Waals surface area contributed by atoms with Gasteiger partial charge in [0.1, 0.15) is 97.0 Å². The Labute approximate surface area is 481 Å². The average molecular weight is 1210 g/mol. The van der Waals surface area contributed by atoms with Crippen LogP contribution in [0.5, 0.6) is 0 Å². The molecular weight excluding hydrogens is 1120 g/mol. The molecule has 1 spiro atoms. The first kappa shape index (κ1) is 64.7. The summed E-state index contributed by atoms with van der Waals surface area (Å²) in [6.45, 7) is 12.1. The number of ether oxygens (including phenoxy) is 11. The van der Waals surface area contributed by atoms with Gasteiger partial charge in [0.25, 0.3) is 0 Å². The quantitative estimate of drug-likeness (QED) is 0.0362. The predicted octanol–water partition coefficient (Wildman–Crippen LogP) is -1.52. The molecule has 83 heavy (non-hydrogen) atoms. The van der Waals surface area contributed by atoms with Crippen LogP contribution in [0.25, 0.3) is 0 Å². The van der Waals surface area contributed by atoms with Crippen molar-refractivity contribution in [1.82, 2.24) is 0 Å². The number of hydrogen-bond acceptors (Lipinski definition) is 26. The smallest absolute Gasteiger partial charge is 0.397 e. The number of aliphatic hydroxyl groups excluding tert-OH is 9. The van der Waals surface area contributed by atoms with E-state index in [2.05, 4.69) is 13.0 Å². The normalized spacial score (nSPS) is 49.6. The maximum Gasteiger partial charge on any atom is 0.397 e. The first-order valence-electron chi connectivity index (χ1n) is 28.3. The molecule has 5 saturated heterocycles. The second-order valence-corrected chi connectivity index (χ2v) is 26.4. The van der Waals surface area contributed by atoms with Crippen LogP contribution in [0, 0.1) is 33.5 Å². The van der Waals surface area contributed by atoms with Gasteiger partial charge in [0.2, 0.25) is 0 Å². The zero-order chi connectivity index (χ0) is 60.9. The highest BCUT2D eigenvalue weighted by Crippen LogP contribution is 2.77. The van der Waals surface area contributed by atoms with Crippen LogP contribution in [0.3, 0.4) is 0 Å². The van der Waals surface area contributed by atoms with Crippen molar-refractivity contribution in [3.05, 3.63) is 35.5 Å². The van der Waals surface area contributed by atoms with Gasteiger partial charge in [-0.2, -0.15) is 8.42 Å². The van der Waals surface area contributed by atoms with E-state index in [0.29, 0.717) is 25.7 Å². The SMILES string of the molecule is CO[C@@H]1[C@@H](O)[C@H](O[C@@H]2[C@@H](O)[C@H](O[C@H]3[C@H](O)[C@@H](O)[C@H](O[C@H]4[C@H](O[C@H]5CC[C@]6(C)[C@H]7CC[C@]89C(=O)O[C@@](C)(/C=C\C=C(C)C)[C@@]8(O)[C@@H](OC(C)=O)C[C@@]9(C)C7=CC[C@H]6C5(C)C)OC[C@@H](OS(=O)(=O)O)[C@@H]4O)O[C@@H]3CO)OC[C@H]2O)O[C@H](CO)[C@H]1O. The molecule has 0 unspecified atom stereocenters. The van der Waals surface area contributed by atoms with Crippen molar-refractivity contribution >= 4 is 22.3 Å². The molecule has 28 heteroatoms. The lowest BCUT2D eigenvalue weighted by molar-refractivity contribution is -0.385. The van der Waals surface area contributed by atoms with Gasteiger partial charge >= 0.3 is 22.3 Å². The second-order valence-electron chi connectivity index (χ2n) is 25.4. The van der Waals surface area contributed by atoms with Gasteiger partial charge in [-0.3, -0.25) is 14.1 Å². The zero-order valence-corrected chi connectivity index (χ0v) is 48.8. The van der Waals surface area contributed by atoms with Gasteiger partial charge in [-0.25, -0.2) is 4.18 Å². The number of carbonyl (C=O) groups is 2. The molecule has 9 rings (SSSR count). The van der Waals surface area contributed by atoms with Gasteiger partial charge in [0.05, 0.1) is 32.5 Å². The minimum absolute atomic E-state index is 0.121. The second kappa shape index (κ2) is 23.7. The number of hydrogen-bond donors (Lipinski definition) is 11. The summed E-state index contributed by atoms with van der Waals surface area (Å²) in [6.07, 6.45) is -23.2. The number of rotatable bonds is 16. The maximum absolute atomic E-state index is 14.7. The van der Waals surface area contributed by atoms with E-state index in [0.717, 1.165) is 11.1 Å². The summed E-state index contributed by atoms with van der Waals surface area (Å²) in [5.41, 5.74) is -5.20. The Bertz CT molecular complexity index is 2580. The topological polar surface area (TPSA) is 402 Å². The molecule has 3 saturated carbocycles. The van der Waals surface area contributed by atoms with E-state index in [-0.39, 0.29) is 24.7 Å². The Morgan fingerprint density at radius 2 is 1.36 bits per heavy atom. The Balaban J connectivity index is 0.929. The van der Waals surface area contributed by atoms with Gasteiger partial charge in [-0.1, -0.05) is 57.1 Å². The highest BCUT2D eigenvalue weighted by atomic mass is 32.3. The van der Waals surface area contributed by atoms with Gasteiger partial charge in [-0.05, 0) is 88.0 Å². The molecule has 27 nitrogen and oxygen atoms in total. The van der Waals surface area contributed by atoms with E-state index in [1.807, 2.05) is 40.7 Å². The lowest BCUT2D eigenvalue weighted by atomic mass is 9.40. The summed E-state index contributed by atoms with van der Waals surface area (Å²) < 4.78 is 103. The van der Waals surface area contributed by atoms with Gasteiger partial charge in [-0.15, -0.1) is 0 Å². The van der Waals surface area contributed by atoms with Crippen LogP contribution in [-0.4, -0.2) is 244 Å². The number of aliphatic hydroxyl groups is 10. The first-order chi connectivity index (χ1) is 38.8. The molecule has 27 atom stereocenters. The van der Waals surface area contributed by atoms with Crippen molar-refractivity contribution in [3.63, 3.8) is 0 Å². The van der Waals surface area contributed by atoms with Crippen molar-refractivity contribution in [2.45, 2.75) is 228 Å². The van der Waals surface area contributed by atoms with E-state index < -0.39 is 204 Å². The lowest BCUT2D eigenvalue weighted by Crippen LogP contribution is -2.66. The van der Waals surface area contributed by atoms with Crippen LogP contribution in [0.2, 0.25) is 0 Å². The number of methoxy groups -OCH3 is 1. The summed E-state index contributed by atoms with van der Waals surface area (Å²) in [4.78, 5) is 27.5. The standard InChI is InChI=1S/C55H84O27S/c1-24(2)11-10-16-53(8)55(67)34(74-25(3)58)19-52(7)27-12-13-32-50(4,5)33(15-17-51(32,6)26(27)14-18-54(52,55)49(66)81-53)77-48-44(36(61)31(23-73-48)82-83(68,69)70)80-46-38(63)37(62)42(30(21-57)76-46)79-45-39(64)41(28(59)22-72-45)78-47-40(65)43(71-9)35(60)29(20-56)75-47/h10-12,16,26,28-48,56-57,59-65,67H,13-15,17-23H2,1-9H3,(H,68,69,70)/b16-10-/t26-,28+,29+,30+,31+,32-,33-,34-,35+,36-,37+,38+,39+,40+,41-,42+,43-,44+,45-,46-,47-,48-,51+,52-,53-,54+,55-/m0/s1. The fraction of sp³-hybridized carbons (Fsp3) is 0.855. The average Bonchev–Trinajstić information content (AvgIpc) is 1.58. The molecule has 4 aliphatic carbocycles. The van der Waals surface area contributed by atoms with Crippen LogP contribution in [-0.2, 0) is 76.3 Å². The Morgan fingerprint density at radius 1 is 0.735 bits per heavy atom. The fourth-order valence-electron chi connectivity index (χ4n) is 15.9. The van der Waals surface area contributed by atoms with Crippen molar-refractivity contribution in [3.8, 4) is 0 Å². The van der Waals surface area contributed by atoms with Crippen molar-refractivity contribution in [1.29, 1.82) is 0 Å². The number of fused-ring (bicyclic) bond motifs is 4. The minimum atomic E-state index is -5.22. The summed E-state index contributed by atoms with van der Waals surface area (Å²) in [6, 6.07) is 0. The number of carbonyl (C=O) groups excluding carboxylic acids is 2. The maximum atomic E-state index is 14.7. The molecule has 0 aromatic heterocycles. The predicted molar refractivity (Wildman–Crippen MR) is 278 cm³/mol. The highest BCUT2D eigenvalue weighted by molar-refractivity contribution is 7.80. The van der Waals surface area contributed by atoms with E-state index >= 15 is 0 Å². The van der Waals surface area contributed by atoms with Crippen LogP contribution >= 0.6 is 0 Å². The lowest BCUT2D eigenvalue weighted by Gasteiger charge is -2.64. The first-order valence-corrected chi connectivity index (χ1v) is 29.6. The third-order valence-corrected chi connectivity index (χ3v) is 20.5. The largest absolute Gasteiger partial charge is 0.459 e. The molecule has 0 bridgehead atoms.